The van der Waals surface area contributed by atoms with E-state index in [1.54, 1.807) is 12.1 Å². The maximum atomic E-state index is 11.0. The van der Waals surface area contributed by atoms with Crippen molar-refractivity contribution in [2.75, 3.05) is 7.11 Å². The lowest BCUT2D eigenvalue weighted by Gasteiger charge is -2.08. The Morgan fingerprint density at radius 1 is 1.53 bits per heavy atom. The highest BCUT2D eigenvalue weighted by Crippen LogP contribution is 2.22. The van der Waals surface area contributed by atoms with Gasteiger partial charge in [-0.05, 0) is 29.7 Å². The van der Waals surface area contributed by atoms with Crippen LogP contribution in [0.15, 0.2) is 12.1 Å². The summed E-state index contributed by atoms with van der Waals surface area (Å²) in [4.78, 5) is 11.0. The van der Waals surface area contributed by atoms with E-state index >= 15 is 0 Å². The summed E-state index contributed by atoms with van der Waals surface area (Å²) < 4.78 is 4.55. The van der Waals surface area contributed by atoms with Crippen LogP contribution in [0.25, 0.3) is 0 Å². The van der Waals surface area contributed by atoms with E-state index in [1.807, 2.05) is 6.92 Å². The number of carbonyl (C=O) groups is 1. The average Bonchev–Trinajstić information content (AvgIpc) is 2.22. The summed E-state index contributed by atoms with van der Waals surface area (Å²) in [6, 6.07) is 3.48. The lowest BCUT2D eigenvalue weighted by atomic mass is 10.0. The van der Waals surface area contributed by atoms with Gasteiger partial charge in [0, 0.05) is 5.02 Å². The largest absolute Gasteiger partial charge is 0.469 e. The van der Waals surface area contributed by atoms with Crippen LogP contribution >= 0.6 is 11.6 Å². The van der Waals surface area contributed by atoms with E-state index in [2.05, 4.69) is 4.74 Å². The number of esters is 1. The van der Waals surface area contributed by atoms with Crippen LogP contribution in [0.3, 0.4) is 0 Å². The molecule has 1 aromatic carbocycles. The van der Waals surface area contributed by atoms with Crippen molar-refractivity contribution in [1.82, 2.24) is 0 Å². The molecule has 0 saturated heterocycles. The number of methoxy groups -OCH3 is 1. The first-order valence-electron chi connectivity index (χ1n) is 4.54. The van der Waals surface area contributed by atoms with Gasteiger partial charge in [-0.2, -0.15) is 0 Å². The molecule has 0 radical (unpaired) electrons. The molecule has 0 aliphatic rings. The second-order valence-corrected chi connectivity index (χ2v) is 3.68. The van der Waals surface area contributed by atoms with E-state index in [4.69, 9.17) is 16.7 Å². The predicted octanol–water partition coefficient (Wildman–Crippen LogP) is 1.86. The van der Waals surface area contributed by atoms with Crippen LogP contribution < -0.4 is 0 Å². The van der Waals surface area contributed by atoms with E-state index in [-0.39, 0.29) is 19.0 Å². The Morgan fingerprint density at radius 2 is 2.20 bits per heavy atom. The molecule has 0 unspecified atom stereocenters. The monoisotopic (exact) mass is 228 g/mol. The summed E-state index contributed by atoms with van der Waals surface area (Å²) in [7, 11) is 1.34. The quantitative estimate of drug-likeness (QED) is 0.804. The maximum absolute atomic E-state index is 11.0. The van der Waals surface area contributed by atoms with Crippen LogP contribution in [-0.4, -0.2) is 18.2 Å². The van der Waals surface area contributed by atoms with E-state index in [9.17, 15) is 4.79 Å². The fourth-order valence-corrected chi connectivity index (χ4v) is 1.56. The Hall–Kier alpha value is -1.06. The fraction of sp³-hybridized carbons (Fsp3) is 0.364. The molecule has 0 bridgehead atoms. The molecule has 4 heteroatoms. The van der Waals surface area contributed by atoms with Gasteiger partial charge in [-0.1, -0.05) is 17.7 Å². The van der Waals surface area contributed by atoms with Gasteiger partial charge in [0.1, 0.15) is 0 Å². The van der Waals surface area contributed by atoms with Crippen LogP contribution in [0.5, 0.6) is 0 Å². The summed E-state index contributed by atoms with van der Waals surface area (Å²) in [6.07, 6.45) is 0.170. The Kier molecular flexibility index (Phi) is 4.12. The molecule has 0 spiro atoms. The Balaban J connectivity index is 3.00. The number of halogens is 1. The lowest BCUT2D eigenvalue weighted by Crippen LogP contribution is -2.05. The van der Waals surface area contributed by atoms with Crippen molar-refractivity contribution in [2.24, 2.45) is 0 Å². The number of rotatable bonds is 3. The van der Waals surface area contributed by atoms with E-state index in [1.165, 1.54) is 7.11 Å². The first-order chi connectivity index (χ1) is 7.08. The molecule has 0 saturated carbocycles. The van der Waals surface area contributed by atoms with Crippen molar-refractivity contribution in [3.8, 4) is 0 Å². The number of hydrogen-bond acceptors (Lipinski definition) is 3. The summed E-state index contributed by atoms with van der Waals surface area (Å²) in [6.45, 7) is 1.75. The number of aliphatic hydroxyl groups is 1. The van der Waals surface area contributed by atoms with Crippen molar-refractivity contribution in [2.45, 2.75) is 20.0 Å². The summed E-state index contributed by atoms with van der Waals surface area (Å²) in [5.41, 5.74) is 2.33. The Morgan fingerprint density at radius 3 is 2.73 bits per heavy atom. The van der Waals surface area contributed by atoms with Crippen molar-refractivity contribution < 1.29 is 14.6 Å². The number of ether oxygens (including phenoxy) is 1. The molecular formula is C11H13ClO3. The van der Waals surface area contributed by atoms with Crippen LogP contribution in [-0.2, 0) is 22.6 Å². The normalized spacial score (nSPS) is 10.1. The van der Waals surface area contributed by atoms with E-state index in [0.29, 0.717) is 5.02 Å². The molecule has 0 aliphatic heterocycles. The van der Waals surface area contributed by atoms with E-state index in [0.717, 1.165) is 16.7 Å². The molecule has 0 aromatic heterocycles. The second kappa shape index (κ2) is 5.14. The van der Waals surface area contributed by atoms with Gasteiger partial charge in [-0.3, -0.25) is 4.79 Å². The molecule has 0 amide bonds. The Labute approximate surface area is 93.6 Å². The van der Waals surface area contributed by atoms with Gasteiger partial charge in [0.05, 0.1) is 20.1 Å². The van der Waals surface area contributed by atoms with Gasteiger partial charge in [0.2, 0.25) is 0 Å². The van der Waals surface area contributed by atoms with Crippen LogP contribution in [0, 0.1) is 6.92 Å². The summed E-state index contributed by atoms with van der Waals surface area (Å²) >= 11 is 5.96. The van der Waals surface area contributed by atoms with Gasteiger partial charge in [-0.15, -0.1) is 0 Å². The van der Waals surface area contributed by atoms with Crippen molar-refractivity contribution in [1.29, 1.82) is 0 Å². The Bertz CT molecular complexity index is 374. The molecule has 1 aromatic rings. The molecule has 0 heterocycles. The highest BCUT2D eigenvalue weighted by molar-refractivity contribution is 6.31. The zero-order chi connectivity index (χ0) is 11.4. The van der Waals surface area contributed by atoms with Crippen LogP contribution in [0.4, 0.5) is 0 Å². The first-order valence-corrected chi connectivity index (χ1v) is 4.92. The predicted molar refractivity (Wildman–Crippen MR) is 57.8 cm³/mol. The maximum Gasteiger partial charge on any atom is 0.309 e. The number of hydrogen-bond donors (Lipinski definition) is 1. The first kappa shape index (κ1) is 12.0. The molecule has 3 nitrogen and oxygen atoms in total. The number of benzene rings is 1. The van der Waals surface area contributed by atoms with Gasteiger partial charge >= 0.3 is 5.97 Å². The minimum Gasteiger partial charge on any atom is -0.469 e. The topological polar surface area (TPSA) is 46.5 Å². The zero-order valence-electron chi connectivity index (χ0n) is 8.71. The van der Waals surface area contributed by atoms with E-state index < -0.39 is 0 Å². The fourth-order valence-electron chi connectivity index (χ4n) is 1.30. The van der Waals surface area contributed by atoms with Crippen molar-refractivity contribution in [3.63, 3.8) is 0 Å². The van der Waals surface area contributed by atoms with Crippen LogP contribution in [0.1, 0.15) is 16.7 Å². The summed E-state index contributed by atoms with van der Waals surface area (Å²) in [5.74, 6) is -0.321. The van der Waals surface area contributed by atoms with Gasteiger partial charge in [0.15, 0.2) is 0 Å². The standard InChI is InChI=1S/C11H13ClO3/c1-7-9(6-13)3-8(4-10(7)12)5-11(14)15-2/h3-4,13H,5-6H2,1-2H3. The van der Waals surface area contributed by atoms with Gasteiger partial charge in [0.25, 0.3) is 0 Å². The highest BCUT2D eigenvalue weighted by atomic mass is 35.5. The molecule has 82 valence electrons. The van der Waals surface area contributed by atoms with Gasteiger partial charge < -0.3 is 9.84 Å². The van der Waals surface area contributed by atoms with Crippen LogP contribution in [0.2, 0.25) is 5.02 Å². The number of aliphatic hydroxyl groups excluding tert-OH is 1. The molecule has 1 N–H and O–H groups in total. The third-order valence-corrected chi connectivity index (χ3v) is 2.65. The minimum atomic E-state index is -0.321. The third kappa shape index (κ3) is 2.94. The molecule has 0 fully saturated rings. The van der Waals surface area contributed by atoms with Crippen molar-refractivity contribution >= 4 is 17.6 Å². The molecule has 1 rings (SSSR count). The SMILES string of the molecule is COC(=O)Cc1cc(Cl)c(C)c(CO)c1. The highest BCUT2D eigenvalue weighted by Gasteiger charge is 2.08. The second-order valence-electron chi connectivity index (χ2n) is 3.27. The molecule has 0 atom stereocenters. The molecular weight excluding hydrogens is 216 g/mol. The number of carbonyl (C=O) groups excluding carboxylic acids is 1. The summed E-state index contributed by atoms with van der Waals surface area (Å²) in [5, 5.41) is 9.64. The molecule has 15 heavy (non-hydrogen) atoms. The minimum absolute atomic E-state index is 0.0828. The van der Waals surface area contributed by atoms with Gasteiger partial charge in [-0.25, -0.2) is 0 Å². The zero-order valence-corrected chi connectivity index (χ0v) is 9.47. The van der Waals surface area contributed by atoms with Crippen molar-refractivity contribution in [3.05, 3.63) is 33.8 Å². The third-order valence-electron chi connectivity index (χ3n) is 2.26. The smallest absolute Gasteiger partial charge is 0.309 e. The molecule has 0 aliphatic carbocycles. The average molecular weight is 229 g/mol. The lowest BCUT2D eigenvalue weighted by molar-refractivity contribution is -0.139.